The number of hydrogen-bond acceptors (Lipinski definition) is 5. The van der Waals surface area contributed by atoms with Gasteiger partial charge in [0, 0.05) is 33.3 Å². The van der Waals surface area contributed by atoms with Crippen molar-refractivity contribution < 1.29 is 4.92 Å². The van der Waals surface area contributed by atoms with Crippen LogP contribution in [0.3, 0.4) is 0 Å². The molecule has 7 aromatic rings. The van der Waals surface area contributed by atoms with Gasteiger partial charge in [0.15, 0.2) is 0 Å². The molecule has 248 valence electrons. The van der Waals surface area contributed by atoms with Crippen molar-refractivity contribution in [2.24, 2.45) is 0 Å². The van der Waals surface area contributed by atoms with E-state index in [1.807, 2.05) is 121 Å². The highest BCUT2D eigenvalue weighted by Gasteiger charge is 2.28. The van der Waals surface area contributed by atoms with Crippen LogP contribution in [0.15, 0.2) is 133 Å². The Morgan fingerprint density at radius 3 is 1.19 bits per heavy atom. The number of nitrogens with two attached hydrogens (primary N) is 1. The van der Waals surface area contributed by atoms with E-state index in [1.165, 1.54) is 0 Å². The standard InChI is InChI=1S/C44H30N6O2/c45-41-42-39(29-17-9-3-10-18-29)35-25-23-33(47-35)37(27-13-5-1-6-14-27)31-21-22-32(46-31)38(28-15-7-2-8-16-28)34-24-26-36(48-34)40(30-19-11-4-12-20-30)43(49-42)44(41)50(51)52/h1-26,46,49H,45H2. The van der Waals surface area contributed by atoms with Crippen molar-refractivity contribution in [3.05, 3.63) is 166 Å². The summed E-state index contributed by atoms with van der Waals surface area (Å²) in [7, 11) is 0. The van der Waals surface area contributed by atoms with Crippen LogP contribution < -0.4 is 5.73 Å². The van der Waals surface area contributed by atoms with E-state index in [2.05, 4.69) is 46.4 Å². The van der Waals surface area contributed by atoms with E-state index in [1.54, 1.807) is 0 Å². The maximum absolute atomic E-state index is 13.0. The minimum atomic E-state index is -0.416. The Morgan fingerprint density at radius 2 is 0.808 bits per heavy atom. The maximum Gasteiger partial charge on any atom is 0.318 e. The fourth-order valence-corrected chi connectivity index (χ4v) is 7.18. The second kappa shape index (κ2) is 12.5. The predicted molar refractivity (Wildman–Crippen MR) is 212 cm³/mol. The lowest BCUT2D eigenvalue weighted by molar-refractivity contribution is -0.382. The number of fused-ring (bicyclic) bond motifs is 8. The molecule has 0 radical (unpaired) electrons. The number of nitrogen functional groups attached to an aromatic ring is 1. The normalized spacial score (nSPS) is 11.9. The molecule has 8 bridgehead atoms. The van der Waals surface area contributed by atoms with Gasteiger partial charge in [0.2, 0.25) is 0 Å². The van der Waals surface area contributed by atoms with Gasteiger partial charge in [0.05, 0.1) is 33.2 Å². The number of benzene rings is 4. The summed E-state index contributed by atoms with van der Waals surface area (Å²) in [5, 5.41) is 13.0. The molecule has 5 heterocycles. The van der Waals surface area contributed by atoms with Crippen LogP contribution in [0.1, 0.15) is 22.8 Å². The summed E-state index contributed by atoms with van der Waals surface area (Å²) in [5.41, 5.74) is 18.2. The van der Waals surface area contributed by atoms with Crippen LogP contribution in [0, 0.1) is 10.1 Å². The van der Waals surface area contributed by atoms with Crippen LogP contribution in [0.25, 0.3) is 90.9 Å². The summed E-state index contributed by atoms with van der Waals surface area (Å²) >= 11 is 0. The summed E-state index contributed by atoms with van der Waals surface area (Å²) < 4.78 is 0. The lowest BCUT2D eigenvalue weighted by Gasteiger charge is -2.06. The number of aromatic amines is 2. The molecule has 2 aliphatic heterocycles. The fraction of sp³-hybridized carbons (Fsp3) is 0. The molecule has 9 rings (SSSR count). The molecule has 0 spiro atoms. The molecule has 0 atom stereocenters. The van der Waals surface area contributed by atoms with Crippen molar-refractivity contribution in [3.8, 4) is 44.5 Å². The third kappa shape index (κ3) is 5.18. The van der Waals surface area contributed by atoms with E-state index in [-0.39, 0.29) is 16.9 Å². The summed E-state index contributed by atoms with van der Waals surface area (Å²) in [5.74, 6) is 0. The molecule has 52 heavy (non-hydrogen) atoms. The molecule has 0 aliphatic carbocycles. The van der Waals surface area contributed by atoms with E-state index >= 15 is 0 Å². The average Bonchev–Trinajstić information content (AvgIpc) is 4.00. The van der Waals surface area contributed by atoms with Crippen molar-refractivity contribution >= 4 is 57.7 Å². The lowest BCUT2D eigenvalue weighted by atomic mass is 10.0. The van der Waals surface area contributed by atoms with Crippen LogP contribution in [0.4, 0.5) is 11.4 Å². The summed E-state index contributed by atoms with van der Waals surface area (Å²) in [4.78, 5) is 30.2. The molecule has 0 saturated carbocycles. The van der Waals surface area contributed by atoms with Gasteiger partial charge in [0.25, 0.3) is 0 Å². The highest BCUT2D eigenvalue weighted by Crippen LogP contribution is 2.44. The summed E-state index contributed by atoms with van der Waals surface area (Å²) in [6, 6.07) is 43.7. The third-order valence-electron chi connectivity index (χ3n) is 9.47. The van der Waals surface area contributed by atoms with E-state index in [0.717, 1.165) is 50.1 Å². The smallest absolute Gasteiger partial charge is 0.318 e. The molecule has 4 aromatic carbocycles. The zero-order valence-corrected chi connectivity index (χ0v) is 27.7. The number of nitrogens with zero attached hydrogens (tertiary/aromatic N) is 3. The van der Waals surface area contributed by atoms with Crippen LogP contribution in [0.5, 0.6) is 0 Å². The number of hydrogen-bond donors (Lipinski definition) is 3. The molecule has 0 amide bonds. The van der Waals surface area contributed by atoms with Crippen molar-refractivity contribution in [1.82, 2.24) is 19.9 Å². The average molecular weight is 675 g/mol. The highest BCUT2D eigenvalue weighted by molar-refractivity contribution is 6.07. The lowest BCUT2D eigenvalue weighted by Crippen LogP contribution is -1.94. The number of aromatic nitrogens is 4. The topological polar surface area (TPSA) is 127 Å². The molecule has 0 fully saturated rings. The molecule has 0 saturated heterocycles. The third-order valence-corrected chi connectivity index (χ3v) is 9.47. The Hall–Kier alpha value is -7.32. The van der Waals surface area contributed by atoms with Gasteiger partial charge in [0.1, 0.15) is 11.2 Å². The Labute approximate surface area is 298 Å². The van der Waals surface area contributed by atoms with Gasteiger partial charge in [-0.15, -0.1) is 0 Å². The highest BCUT2D eigenvalue weighted by atomic mass is 16.6. The van der Waals surface area contributed by atoms with E-state index in [0.29, 0.717) is 33.7 Å². The van der Waals surface area contributed by atoms with Gasteiger partial charge >= 0.3 is 5.69 Å². The second-order valence-corrected chi connectivity index (χ2v) is 12.6. The minimum Gasteiger partial charge on any atom is -0.391 e. The number of rotatable bonds is 5. The van der Waals surface area contributed by atoms with E-state index in [4.69, 9.17) is 15.7 Å². The molecule has 3 aromatic heterocycles. The van der Waals surface area contributed by atoms with Gasteiger partial charge in [-0.1, -0.05) is 121 Å². The Kier molecular flexibility index (Phi) is 7.40. The van der Waals surface area contributed by atoms with Gasteiger partial charge in [-0.05, 0) is 58.7 Å². The van der Waals surface area contributed by atoms with E-state index in [9.17, 15) is 10.1 Å². The first kappa shape index (κ1) is 30.7. The zero-order valence-electron chi connectivity index (χ0n) is 27.7. The molecule has 2 aliphatic rings. The molecular formula is C44H30N6O2. The molecule has 4 N–H and O–H groups in total. The summed E-state index contributed by atoms with van der Waals surface area (Å²) in [6.07, 6.45) is 7.81. The number of nitro groups is 1. The Bertz CT molecular complexity index is 2750. The first-order valence-electron chi connectivity index (χ1n) is 16.9. The van der Waals surface area contributed by atoms with Crippen molar-refractivity contribution in [3.63, 3.8) is 0 Å². The minimum absolute atomic E-state index is 0.0188. The van der Waals surface area contributed by atoms with Gasteiger partial charge < -0.3 is 15.7 Å². The van der Waals surface area contributed by atoms with Crippen LogP contribution in [-0.4, -0.2) is 24.9 Å². The monoisotopic (exact) mass is 674 g/mol. The maximum atomic E-state index is 13.0. The van der Waals surface area contributed by atoms with Gasteiger partial charge in [-0.3, -0.25) is 10.1 Å². The molecule has 0 unspecified atom stereocenters. The Balaban J connectivity index is 1.55. The largest absolute Gasteiger partial charge is 0.391 e. The number of anilines is 1. The number of nitrogens with one attached hydrogen (secondary N) is 2. The second-order valence-electron chi connectivity index (χ2n) is 12.6. The predicted octanol–water partition coefficient (Wildman–Crippen LogP) is 10.8. The van der Waals surface area contributed by atoms with E-state index < -0.39 is 4.92 Å². The fourth-order valence-electron chi connectivity index (χ4n) is 7.18. The first-order chi connectivity index (χ1) is 25.5. The zero-order chi connectivity index (χ0) is 35.2. The summed E-state index contributed by atoms with van der Waals surface area (Å²) in [6.45, 7) is 0. The quantitative estimate of drug-likeness (QED) is 0.124. The number of H-pyrrole nitrogens is 2. The van der Waals surface area contributed by atoms with Gasteiger partial charge in [-0.25, -0.2) is 9.97 Å². The Morgan fingerprint density at radius 1 is 0.462 bits per heavy atom. The first-order valence-corrected chi connectivity index (χ1v) is 16.9. The van der Waals surface area contributed by atoms with Crippen molar-refractivity contribution in [2.45, 2.75) is 0 Å². The SMILES string of the molecule is Nc1c([N+](=O)[O-])c2[nH]c1c(-c1ccccc1)c1nc(c(-c3ccccc3)c3ccc([nH]3)c(-c3ccccc3)c3nc(c2-c2ccccc2)C=C3)C=C1. The van der Waals surface area contributed by atoms with Gasteiger partial charge in [-0.2, -0.15) is 0 Å². The molecular weight excluding hydrogens is 645 g/mol. The van der Waals surface area contributed by atoms with Crippen LogP contribution >= 0.6 is 0 Å². The van der Waals surface area contributed by atoms with Crippen molar-refractivity contribution in [1.29, 1.82) is 0 Å². The molecule has 8 nitrogen and oxygen atoms in total. The molecule has 8 heteroatoms. The van der Waals surface area contributed by atoms with Crippen molar-refractivity contribution in [2.75, 3.05) is 5.73 Å². The van der Waals surface area contributed by atoms with Crippen LogP contribution in [-0.2, 0) is 0 Å². The van der Waals surface area contributed by atoms with Crippen LogP contribution in [0.2, 0.25) is 0 Å².